The van der Waals surface area contributed by atoms with Crippen molar-refractivity contribution in [1.82, 2.24) is 5.32 Å². The molecule has 3 amide bonds. The van der Waals surface area contributed by atoms with Crippen LogP contribution in [0.4, 0.5) is 16.2 Å². The maximum atomic E-state index is 12.2. The number of carbonyl (C=O) groups is 3. The molecule has 7 heteroatoms. The first-order valence-corrected chi connectivity index (χ1v) is 8.22. The van der Waals surface area contributed by atoms with Crippen LogP contribution in [0.1, 0.15) is 46.1 Å². The molecule has 0 atom stereocenters. The molecular weight excluding hydrogens is 322 g/mol. The Morgan fingerprint density at radius 2 is 1.80 bits per heavy atom. The third kappa shape index (κ3) is 7.24. The van der Waals surface area contributed by atoms with E-state index in [1.54, 1.807) is 45.9 Å². The van der Waals surface area contributed by atoms with E-state index in [1.165, 1.54) is 0 Å². The van der Waals surface area contributed by atoms with Crippen LogP contribution in [0, 0.1) is 12.8 Å². The number of nitrogens with one attached hydrogen (secondary N) is 3. The lowest BCUT2D eigenvalue weighted by Crippen LogP contribution is -2.45. The minimum Gasteiger partial charge on any atom is -0.481 e. The third-order valence-electron chi connectivity index (χ3n) is 3.69. The van der Waals surface area contributed by atoms with E-state index >= 15 is 0 Å². The molecule has 0 spiro atoms. The van der Waals surface area contributed by atoms with Gasteiger partial charge in [0.1, 0.15) is 0 Å². The summed E-state index contributed by atoms with van der Waals surface area (Å²) in [6, 6.07) is 4.85. The van der Waals surface area contributed by atoms with Gasteiger partial charge in [-0.2, -0.15) is 0 Å². The Kier molecular flexibility index (Phi) is 6.97. The highest BCUT2D eigenvalue weighted by Gasteiger charge is 2.22. The van der Waals surface area contributed by atoms with Crippen LogP contribution in [-0.4, -0.2) is 28.6 Å². The lowest BCUT2D eigenvalue weighted by molar-refractivity contribution is -0.137. The molecule has 0 fully saturated rings. The number of anilines is 2. The van der Waals surface area contributed by atoms with Gasteiger partial charge in [-0.15, -0.1) is 0 Å². The number of benzene rings is 1. The minimum atomic E-state index is -0.903. The minimum absolute atomic E-state index is 0.0248. The van der Waals surface area contributed by atoms with E-state index in [9.17, 15) is 14.4 Å². The fourth-order valence-corrected chi connectivity index (χ4v) is 2.06. The Morgan fingerprint density at radius 1 is 1.16 bits per heavy atom. The summed E-state index contributed by atoms with van der Waals surface area (Å²) in [5.74, 6) is -1.15. The molecule has 138 valence electrons. The van der Waals surface area contributed by atoms with Gasteiger partial charge in [-0.1, -0.05) is 19.9 Å². The largest absolute Gasteiger partial charge is 0.481 e. The van der Waals surface area contributed by atoms with Crippen LogP contribution in [0.2, 0.25) is 0 Å². The van der Waals surface area contributed by atoms with Gasteiger partial charge in [-0.3, -0.25) is 9.59 Å². The molecule has 0 saturated carbocycles. The van der Waals surface area contributed by atoms with Crippen LogP contribution < -0.4 is 16.0 Å². The molecule has 7 nitrogen and oxygen atoms in total. The van der Waals surface area contributed by atoms with Crippen molar-refractivity contribution in [2.24, 2.45) is 5.92 Å². The Morgan fingerprint density at radius 3 is 2.36 bits per heavy atom. The van der Waals surface area contributed by atoms with Crippen LogP contribution in [0.5, 0.6) is 0 Å². The molecule has 0 aromatic heterocycles. The Hall–Kier alpha value is -2.57. The highest BCUT2D eigenvalue weighted by Crippen LogP contribution is 2.21. The van der Waals surface area contributed by atoms with Gasteiger partial charge in [0.05, 0.1) is 0 Å². The number of aliphatic carboxylic acids is 1. The Bertz CT molecular complexity index is 654. The zero-order valence-electron chi connectivity index (χ0n) is 15.4. The topological polar surface area (TPSA) is 108 Å². The van der Waals surface area contributed by atoms with Crippen molar-refractivity contribution in [1.29, 1.82) is 0 Å². The van der Waals surface area contributed by atoms with E-state index in [0.717, 1.165) is 5.56 Å². The predicted octanol–water partition coefficient (Wildman–Crippen LogP) is 3.35. The number of hydrogen-bond donors (Lipinski definition) is 4. The smallest absolute Gasteiger partial charge is 0.319 e. The van der Waals surface area contributed by atoms with Crippen molar-refractivity contribution in [3.63, 3.8) is 0 Å². The summed E-state index contributed by atoms with van der Waals surface area (Å²) in [6.45, 7) is 8.98. The van der Waals surface area contributed by atoms with Crippen molar-refractivity contribution >= 4 is 29.3 Å². The molecule has 0 heterocycles. The molecule has 0 radical (unpaired) electrons. The molecule has 1 aromatic rings. The molecule has 0 saturated heterocycles. The Balaban J connectivity index is 2.76. The van der Waals surface area contributed by atoms with Gasteiger partial charge in [0.15, 0.2) is 0 Å². The monoisotopic (exact) mass is 349 g/mol. The van der Waals surface area contributed by atoms with Crippen LogP contribution in [0.15, 0.2) is 18.2 Å². The molecule has 25 heavy (non-hydrogen) atoms. The highest BCUT2D eigenvalue weighted by atomic mass is 16.4. The molecule has 0 aliphatic carbocycles. The number of carboxylic acids is 1. The second-order valence-electron chi connectivity index (χ2n) is 7.03. The van der Waals surface area contributed by atoms with Gasteiger partial charge in [-0.25, -0.2) is 4.79 Å². The van der Waals surface area contributed by atoms with Gasteiger partial charge in [-0.05, 0) is 44.9 Å². The molecule has 0 bridgehead atoms. The number of carboxylic acid groups (broad SMARTS) is 1. The normalized spacial score (nSPS) is 11.1. The number of carbonyl (C=O) groups excluding carboxylic acids is 2. The molecule has 1 rings (SSSR count). The van der Waals surface area contributed by atoms with Crippen LogP contribution >= 0.6 is 0 Å². The van der Waals surface area contributed by atoms with Gasteiger partial charge in [0, 0.05) is 29.3 Å². The first-order chi connectivity index (χ1) is 11.5. The zero-order chi connectivity index (χ0) is 19.2. The van der Waals surface area contributed by atoms with Gasteiger partial charge in [0.2, 0.25) is 5.91 Å². The lowest BCUT2D eigenvalue weighted by atomic mass is 9.99. The summed E-state index contributed by atoms with van der Waals surface area (Å²) in [7, 11) is 0. The fourth-order valence-electron chi connectivity index (χ4n) is 2.06. The standard InChI is InChI=1S/C18H27N3O4/c1-11(2)16(24)19-13-7-6-12(3)14(10-13)20-17(25)21-18(4,5)9-8-15(22)23/h6-7,10-11H,8-9H2,1-5H3,(H,19,24)(H,22,23)(H2,20,21,25). The van der Waals surface area contributed by atoms with Crippen molar-refractivity contribution < 1.29 is 19.5 Å². The second kappa shape index (κ2) is 8.50. The van der Waals surface area contributed by atoms with Crippen molar-refractivity contribution in [3.05, 3.63) is 23.8 Å². The molecule has 1 aromatic carbocycles. The van der Waals surface area contributed by atoms with Gasteiger partial charge < -0.3 is 21.1 Å². The molecular formula is C18H27N3O4. The van der Waals surface area contributed by atoms with Crippen molar-refractivity contribution in [3.8, 4) is 0 Å². The first-order valence-electron chi connectivity index (χ1n) is 8.22. The molecule has 0 aliphatic heterocycles. The van der Waals surface area contributed by atoms with Gasteiger partial charge in [0.25, 0.3) is 0 Å². The van der Waals surface area contributed by atoms with Crippen LogP contribution in [0.3, 0.4) is 0 Å². The summed E-state index contributed by atoms with van der Waals surface area (Å²) < 4.78 is 0. The molecule has 4 N–H and O–H groups in total. The molecule has 0 aliphatic rings. The Labute approximate surface area is 148 Å². The maximum absolute atomic E-state index is 12.2. The van der Waals surface area contributed by atoms with Crippen molar-refractivity contribution in [2.75, 3.05) is 10.6 Å². The van der Waals surface area contributed by atoms with E-state index in [2.05, 4.69) is 16.0 Å². The number of hydrogen-bond acceptors (Lipinski definition) is 3. The number of rotatable bonds is 7. The summed E-state index contributed by atoms with van der Waals surface area (Å²) in [6.07, 6.45) is 0.294. The first kappa shape index (κ1) is 20.5. The van der Waals surface area contributed by atoms with E-state index < -0.39 is 17.5 Å². The number of urea groups is 1. The SMILES string of the molecule is Cc1ccc(NC(=O)C(C)C)cc1NC(=O)NC(C)(C)CCC(=O)O. The van der Waals surface area contributed by atoms with E-state index in [1.807, 2.05) is 6.92 Å². The van der Waals surface area contributed by atoms with E-state index in [0.29, 0.717) is 17.8 Å². The quantitative estimate of drug-likeness (QED) is 0.605. The highest BCUT2D eigenvalue weighted by molar-refractivity contribution is 5.95. The summed E-state index contributed by atoms with van der Waals surface area (Å²) in [5, 5.41) is 17.1. The number of amides is 3. The van der Waals surface area contributed by atoms with Crippen molar-refractivity contribution in [2.45, 2.75) is 53.0 Å². The van der Waals surface area contributed by atoms with Crippen LogP contribution in [0.25, 0.3) is 0 Å². The summed E-state index contributed by atoms with van der Waals surface area (Å²) in [4.78, 5) is 34.7. The van der Waals surface area contributed by atoms with E-state index in [-0.39, 0.29) is 18.2 Å². The van der Waals surface area contributed by atoms with Gasteiger partial charge >= 0.3 is 12.0 Å². The zero-order valence-corrected chi connectivity index (χ0v) is 15.4. The average molecular weight is 349 g/mol. The predicted molar refractivity (Wildman–Crippen MR) is 97.7 cm³/mol. The fraction of sp³-hybridized carbons (Fsp3) is 0.500. The summed E-state index contributed by atoms with van der Waals surface area (Å²) >= 11 is 0. The lowest BCUT2D eigenvalue weighted by Gasteiger charge is -2.26. The van der Waals surface area contributed by atoms with Crippen LogP contribution in [-0.2, 0) is 9.59 Å². The third-order valence-corrected chi connectivity index (χ3v) is 3.69. The van der Waals surface area contributed by atoms with E-state index in [4.69, 9.17) is 5.11 Å². The second-order valence-corrected chi connectivity index (χ2v) is 7.03. The summed E-state index contributed by atoms with van der Waals surface area (Å²) in [5.41, 5.74) is 1.37. The maximum Gasteiger partial charge on any atom is 0.319 e. The molecule has 0 unspecified atom stereocenters. The average Bonchev–Trinajstić information content (AvgIpc) is 2.48. The number of aryl methyl sites for hydroxylation is 1.